The molecule has 0 heterocycles. The molecule has 0 amide bonds. The van der Waals surface area contributed by atoms with Crippen molar-refractivity contribution < 1.29 is 0 Å². The van der Waals surface area contributed by atoms with Crippen molar-refractivity contribution in [1.82, 2.24) is 5.32 Å². The molecule has 1 nitrogen and oxygen atoms in total. The third-order valence-electron chi connectivity index (χ3n) is 4.96. The van der Waals surface area contributed by atoms with E-state index in [4.69, 9.17) is 0 Å². The maximum absolute atomic E-state index is 3.39. The summed E-state index contributed by atoms with van der Waals surface area (Å²) in [7, 11) is 2.09. The number of nitrogens with one attached hydrogen (secondary N) is 1. The molecule has 0 bridgehead atoms. The zero-order chi connectivity index (χ0) is 13.7. The Bertz CT molecular complexity index is 368. The normalized spacial score (nSPS) is 27.4. The standard InChI is InChI=1S/C18H29N/c1-4-14-6-9-16(10-7-14)18-12-15(5-2)8-11-17(18)13-19-3/h6-7,9-10,15,17-19H,4-5,8,11-13H2,1-3H3. The van der Waals surface area contributed by atoms with Gasteiger partial charge in [0.25, 0.3) is 0 Å². The van der Waals surface area contributed by atoms with Crippen LogP contribution in [0.4, 0.5) is 0 Å². The largest absolute Gasteiger partial charge is 0.319 e. The smallest absolute Gasteiger partial charge is 0.00177 e. The van der Waals surface area contributed by atoms with E-state index < -0.39 is 0 Å². The van der Waals surface area contributed by atoms with Crippen LogP contribution in [0.3, 0.4) is 0 Å². The van der Waals surface area contributed by atoms with E-state index >= 15 is 0 Å². The third-order valence-corrected chi connectivity index (χ3v) is 4.96. The Hall–Kier alpha value is -0.820. The number of rotatable bonds is 5. The molecule has 1 N–H and O–H groups in total. The summed E-state index contributed by atoms with van der Waals surface area (Å²) in [6.45, 7) is 5.74. The average molecular weight is 259 g/mol. The lowest BCUT2D eigenvalue weighted by Gasteiger charge is -2.36. The van der Waals surface area contributed by atoms with E-state index in [0.717, 1.165) is 30.7 Å². The van der Waals surface area contributed by atoms with Gasteiger partial charge in [0.15, 0.2) is 0 Å². The molecule has 19 heavy (non-hydrogen) atoms. The number of benzene rings is 1. The van der Waals surface area contributed by atoms with Crippen LogP contribution in [0.5, 0.6) is 0 Å². The first-order valence-electron chi connectivity index (χ1n) is 8.01. The van der Waals surface area contributed by atoms with Gasteiger partial charge in [0, 0.05) is 0 Å². The molecular weight excluding hydrogens is 230 g/mol. The summed E-state index contributed by atoms with van der Waals surface area (Å²) in [6.07, 6.45) is 6.68. The van der Waals surface area contributed by atoms with Crippen LogP contribution >= 0.6 is 0 Å². The molecule has 0 radical (unpaired) electrons. The van der Waals surface area contributed by atoms with Gasteiger partial charge in [0.1, 0.15) is 0 Å². The molecule has 3 unspecified atom stereocenters. The summed E-state index contributed by atoms with van der Waals surface area (Å²) in [6, 6.07) is 9.40. The van der Waals surface area contributed by atoms with Gasteiger partial charge in [0.05, 0.1) is 0 Å². The van der Waals surface area contributed by atoms with E-state index in [1.54, 1.807) is 5.56 Å². The molecule has 0 spiro atoms. The molecule has 106 valence electrons. The Labute approximate surface area is 118 Å². The lowest BCUT2D eigenvalue weighted by atomic mass is 9.70. The van der Waals surface area contributed by atoms with Gasteiger partial charge in [-0.3, -0.25) is 0 Å². The first-order chi connectivity index (χ1) is 9.28. The molecule has 1 saturated carbocycles. The summed E-state index contributed by atoms with van der Waals surface area (Å²) in [5.74, 6) is 2.52. The van der Waals surface area contributed by atoms with Gasteiger partial charge < -0.3 is 5.32 Å². The molecule has 1 aliphatic rings. The zero-order valence-electron chi connectivity index (χ0n) is 12.8. The van der Waals surface area contributed by atoms with Crippen LogP contribution in [-0.4, -0.2) is 13.6 Å². The SMILES string of the molecule is CCc1ccc(C2CC(CC)CCC2CNC)cc1. The fraction of sp³-hybridized carbons (Fsp3) is 0.667. The van der Waals surface area contributed by atoms with Gasteiger partial charge in [-0.1, -0.05) is 51.0 Å². The van der Waals surface area contributed by atoms with E-state index in [0.29, 0.717) is 0 Å². The fourth-order valence-electron chi connectivity index (χ4n) is 3.61. The molecule has 1 aromatic carbocycles. The molecule has 1 aromatic rings. The van der Waals surface area contributed by atoms with Gasteiger partial charge in [0.2, 0.25) is 0 Å². The van der Waals surface area contributed by atoms with Crippen molar-refractivity contribution in [2.75, 3.05) is 13.6 Å². The summed E-state index contributed by atoms with van der Waals surface area (Å²) >= 11 is 0. The second-order valence-corrected chi connectivity index (χ2v) is 6.11. The first kappa shape index (κ1) is 14.6. The zero-order valence-corrected chi connectivity index (χ0v) is 12.8. The van der Waals surface area contributed by atoms with Crippen molar-refractivity contribution >= 4 is 0 Å². The quantitative estimate of drug-likeness (QED) is 0.827. The van der Waals surface area contributed by atoms with Gasteiger partial charge in [-0.15, -0.1) is 0 Å². The van der Waals surface area contributed by atoms with Crippen LogP contribution in [-0.2, 0) is 6.42 Å². The highest BCUT2D eigenvalue weighted by molar-refractivity contribution is 5.26. The minimum Gasteiger partial charge on any atom is -0.319 e. The molecule has 0 aromatic heterocycles. The van der Waals surface area contributed by atoms with Crippen molar-refractivity contribution in [3.8, 4) is 0 Å². The first-order valence-corrected chi connectivity index (χ1v) is 8.01. The fourth-order valence-corrected chi connectivity index (χ4v) is 3.61. The number of hydrogen-bond donors (Lipinski definition) is 1. The molecule has 2 rings (SSSR count). The lowest BCUT2D eigenvalue weighted by molar-refractivity contribution is 0.228. The highest BCUT2D eigenvalue weighted by Crippen LogP contribution is 2.41. The predicted molar refractivity (Wildman–Crippen MR) is 83.6 cm³/mol. The van der Waals surface area contributed by atoms with Crippen LogP contribution in [0.25, 0.3) is 0 Å². The van der Waals surface area contributed by atoms with Gasteiger partial charge in [-0.2, -0.15) is 0 Å². The monoisotopic (exact) mass is 259 g/mol. The van der Waals surface area contributed by atoms with E-state index in [1.807, 2.05) is 0 Å². The molecule has 1 aliphatic carbocycles. The predicted octanol–water partition coefficient (Wildman–Crippen LogP) is 4.38. The molecular formula is C18H29N. The Morgan fingerprint density at radius 1 is 1.11 bits per heavy atom. The lowest BCUT2D eigenvalue weighted by Crippen LogP contribution is -2.30. The minimum atomic E-state index is 0.761. The topological polar surface area (TPSA) is 12.0 Å². The van der Waals surface area contributed by atoms with E-state index in [-0.39, 0.29) is 0 Å². The van der Waals surface area contributed by atoms with Crippen LogP contribution in [0, 0.1) is 11.8 Å². The molecule has 1 heteroatoms. The van der Waals surface area contributed by atoms with Crippen LogP contribution in [0.1, 0.15) is 56.6 Å². The Balaban J connectivity index is 2.14. The molecule has 3 atom stereocenters. The van der Waals surface area contributed by atoms with Crippen molar-refractivity contribution in [1.29, 1.82) is 0 Å². The summed E-state index contributed by atoms with van der Waals surface area (Å²) < 4.78 is 0. The second kappa shape index (κ2) is 7.09. The Kier molecular flexibility index (Phi) is 5.45. The summed E-state index contributed by atoms with van der Waals surface area (Å²) in [5, 5.41) is 3.39. The van der Waals surface area contributed by atoms with Gasteiger partial charge in [-0.25, -0.2) is 0 Å². The summed E-state index contributed by atoms with van der Waals surface area (Å²) in [4.78, 5) is 0. The number of aryl methyl sites for hydroxylation is 1. The van der Waals surface area contributed by atoms with Gasteiger partial charge in [-0.05, 0) is 61.7 Å². The van der Waals surface area contributed by atoms with Crippen molar-refractivity contribution in [3.63, 3.8) is 0 Å². The molecule has 1 fully saturated rings. The maximum Gasteiger partial charge on any atom is -0.00177 e. The van der Waals surface area contributed by atoms with Crippen LogP contribution in [0.15, 0.2) is 24.3 Å². The Morgan fingerprint density at radius 3 is 2.42 bits per heavy atom. The highest BCUT2D eigenvalue weighted by Gasteiger charge is 2.30. The van der Waals surface area contributed by atoms with Crippen LogP contribution in [0.2, 0.25) is 0 Å². The summed E-state index contributed by atoms with van der Waals surface area (Å²) in [5.41, 5.74) is 3.02. The van der Waals surface area contributed by atoms with Crippen molar-refractivity contribution in [2.45, 2.75) is 51.9 Å². The van der Waals surface area contributed by atoms with Gasteiger partial charge >= 0.3 is 0 Å². The molecule has 0 aliphatic heterocycles. The maximum atomic E-state index is 3.39. The van der Waals surface area contributed by atoms with Crippen molar-refractivity contribution in [3.05, 3.63) is 35.4 Å². The van der Waals surface area contributed by atoms with Crippen LogP contribution < -0.4 is 5.32 Å². The third kappa shape index (κ3) is 3.60. The molecule has 0 saturated heterocycles. The van der Waals surface area contributed by atoms with Crippen molar-refractivity contribution in [2.24, 2.45) is 11.8 Å². The highest BCUT2D eigenvalue weighted by atomic mass is 14.8. The second-order valence-electron chi connectivity index (χ2n) is 6.11. The van der Waals surface area contributed by atoms with E-state index in [9.17, 15) is 0 Å². The van der Waals surface area contributed by atoms with E-state index in [2.05, 4.69) is 50.5 Å². The average Bonchev–Trinajstić information content (AvgIpc) is 2.48. The Morgan fingerprint density at radius 2 is 1.84 bits per heavy atom. The number of hydrogen-bond acceptors (Lipinski definition) is 1. The minimum absolute atomic E-state index is 0.761. The van der Waals surface area contributed by atoms with E-state index in [1.165, 1.54) is 31.2 Å².